The molecule has 0 aliphatic rings. The van der Waals surface area contributed by atoms with E-state index < -0.39 is 15.8 Å². The molecule has 0 unspecified atom stereocenters. The van der Waals surface area contributed by atoms with Crippen LogP contribution in [0.1, 0.15) is 5.89 Å². The van der Waals surface area contributed by atoms with Crippen LogP contribution in [0.3, 0.4) is 0 Å². The predicted molar refractivity (Wildman–Crippen MR) is 88.9 cm³/mol. The standard InChI is InChI=1S/C16H12ClFN2O3S/c1-10-19-9-16(23-10)11-2-5-13(6-3-11)24(21,22)20-12-4-7-15(18)14(17)8-12/h2-9,20H,1H3. The summed E-state index contributed by atoms with van der Waals surface area (Å²) in [6, 6.07) is 9.72. The first-order chi connectivity index (χ1) is 11.3. The van der Waals surface area contributed by atoms with Gasteiger partial charge in [0.1, 0.15) is 5.82 Å². The SMILES string of the molecule is Cc1ncc(-c2ccc(S(=O)(=O)Nc3ccc(F)c(Cl)c3)cc2)o1. The van der Waals surface area contributed by atoms with E-state index >= 15 is 0 Å². The summed E-state index contributed by atoms with van der Waals surface area (Å²) in [5, 5.41) is -0.161. The van der Waals surface area contributed by atoms with Crippen LogP contribution < -0.4 is 4.72 Å². The Bertz CT molecular complexity index is 985. The maximum absolute atomic E-state index is 13.1. The number of oxazole rings is 1. The second-order valence-electron chi connectivity index (χ2n) is 5.00. The Balaban J connectivity index is 1.85. The molecule has 0 radical (unpaired) electrons. The lowest BCUT2D eigenvalue weighted by atomic mass is 10.2. The fourth-order valence-electron chi connectivity index (χ4n) is 2.07. The first kappa shape index (κ1) is 16.5. The van der Waals surface area contributed by atoms with Crippen LogP contribution in [-0.2, 0) is 10.0 Å². The van der Waals surface area contributed by atoms with Crippen molar-refractivity contribution in [2.45, 2.75) is 11.8 Å². The summed E-state index contributed by atoms with van der Waals surface area (Å²) in [5.41, 5.74) is 0.885. The number of anilines is 1. The van der Waals surface area contributed by atoms with Crippen molar-refractivity contribution < 1.29 is 17.2 Å². The zero-order valence-corrected chi connectivity index (χ0v) is 14.0. The zero-order valence-electron chi connectivity index (χ0n) is 12.5. The van der Waals surface area contributed by atoms with E-state index in [-0.39, 0.29) is 15.6 Å². The van der Waals surface area contributed by atoms with Crippen LogP contribution in [0.4, 0.5) is 10.1 Å². The van der Waals surface area contributed by atoms with E-state index in [1.54, 1.807) is 25.3 Å². The third-order valence-corrected chi connectivity index (χ3v) is 4.93. The molecule has 5 nitrogen and oxygen atoms in total. The molecule has 0 fully saturated rings. The van der Waals surface area contributed by atoms with Gasteiger partial charge in [-0.25, -0.2) is 17.8 Å². The predicted octanol–water partition coefficient (Wildman–Crippen LogP) is 4.24. The fourth-order valence-corrected chi connectivity index (χ4v) is 3.30. The van der Waals surface area contributed by atoms with Gasteiger partial charge >= 0.3 is 0 Å². The minimum atomic E-state index is -3.81. The van der Waals surface area contributed by atoms with Gasteiger partial charge in [-0.1, -0.05) is 11.6 Å². The van der Waals surface area contributed by atoms with Crippen molar-refractivity contribution in [2.75, 3.05) is 4.72 Å². The Morgan fingerprint density at radius 3 is 2.46 bits per heavy atom. The molecule has 8 heteroatoms. The van der Waals surface area contributed by atoms with E-state index in [4.69, 9.17) is 16.0 Å². The number of rotatable bonds is 4. The van der Waals surface area contributed by atoms with Gasteiger partial charge in [0.25, 0.3) is 10.0 Å². The Labute approximate surface area is 143 Å². The number of aryl methyl sites for hydroxylation is 1. The molecule has 0 saturated carbocycles. The van der Waals surface area contributed by atoms with Gasteiger partial charge in [0.05, 0.1) is 21.8 Å². The van der Waals surface area contributed by atoms with Crippen LogP contribution in [-0.4, -0.2) is 13.4 Å². The fraction of sp³-hybridized carbons (Fsp3) is 0.0625. The Morgan fingerprint density at radius 2 is 1.88 bits per heavy atom. The second-order valence-corrected chi connectivity index (χ2v) is 7.09. The molecule has 2 aromatic carbocycles. The molecule has 1 heterocycles. The summed E-state index contributed by atoms with van der Waals surface area (Å²) >= 11 is 5.65. The van der Waals surface area contributed by atoms with Gasteiger partial charge in [-0.3, -0.25) is 4.72 Å². The highest BCUT2D eigenvalue weighted by Gasteiger charge is 2.15. The lowest BCUT2D eigenvalue weighted by molar-refractivity contribution is 0.534. The van der Waals surface area contributed by atoms with Gasteiger partial charge in [-0.05, 0) is 42.5 Å². The Hall–Kier alpha value is -2.38. The largest absolute Gasteiger partial charge is 0.441 e. The number of nitrogens with one attached hydrogen (secondary N) is 1. The van der Waals surface area contributed by atoms with Crippen LogP contribution >= 0.6 is 11.6 Å². The van der Waals surface area contributed by atoms with Gasteiger partial charge in [0.15, 0.2) is 11.7 Å². The normalized spacial score (nSPS) is 11.5. The minimum absolute atomic E-state index is 0.0583. The van der Waals surface area contributed by atoms with Crippen LogP contribution in [0.5, 0.6) is 0 Å². The molecule has 1 aromatic heterocycles. The number of sulfonamides is 1. The molecule has 0 atom stereocenters. The number of halogens is 2. The van der Waals surface area contributed by atoms with Crippen molar-refractivity contribution in [1.82, 2.24) is 4.98 Å². The zero-order chi connectivity index (χ0) is 17.3. The third-order valence-electron chi connectivity index (χ3n) is 3.24. The molecule has 24 heavy (non-hydrogen) atoms. The van der Waals surface area contributed by atoms with Gasteiger partial charge < -0.3 is 4.42 Å². The second kappa shape index (κ2) is 6.26. The van der Waals surface area contributed by atoms with Gasteiger partial charge in [0.2, 0.25) is 0 Å². The van der Waals surface area contributed by atoms with Crippen molar-refractivity contribution in [3.8, 4) is 11.3 Å². The first-order valence-corrected chi connectivity index (χ1v) is 8.72. The summed E-state index contributed by atoms with van der Waals surface area (Å²) in [6.45, 7) is 1.72. The van der Waals surface area contributed by atoms with E-state index in [0.717, 1.165) is 6.07 Å². The highest BCUT2D eigenvalue weighted by atomic mass is 35.5. The number of nitrogens with zero attached hydrogens (tertiary/aromatic N) is 1. The maximum atomic E-state index is 13.1. The minimum Gasteiger partial charge on any atom is -0.441 e. The van der Waals surface area contributed by atoms with E-state index in [0.29, 0.717) is 17.2 Å². The van der Waals surface area contributed by atoms with Gasteiger partial charge in [-0.2, -0.15) is 0 Å². The van der Waals surface area contributed by atoms with Gasteiger partial charge in [0, 0.05) is 12.5 Å². The summed E-state index contributed by atoms with van der Waals surface area (Å²) in [6.07, 6.45) is 1.57. The van der Waals surface area contributed by atoms with Crippen LogP contribution in [0.15, 0.2) is 58.0 Å². The quantitative estimate of drug-likeness (QED) is 0.749. The smallest absolute Gasteiger partial charge is 0.261 e. The van der Waals surface area contributed by atoms with Crippen LogP contribution in [0.25, 0.3) is 11.3 Å². The molecule has 0 saturated heterocycles. The number of hydrogen-bond donors (Lipinski definition) is 1. The topological polar surface area (TPSA) is 72.2 Å². The highest BCUT2D eigenvalue weighted by Crippen LogP contribution is 2.25. The molecule has 0 bridgehead atoms. The van der Waals surface area contributed by atoms with Crippen LogP contribution in [0, 0.1) is 12.7 Å². The molecular weight excluding hydrogens is 355 g/mol. The number of benzene rings is 2. The lowest BCUT2D eigenvalue weighted by Crippen LogP contribution is -2.12. The van der Waals surface area contributed by atoms with E-state index in [1.807, 2.05) is 0 Å². The van der Waals surface area contributed by atoms with E-state index in [1.165, 1.54) is 24.3 Å². The summed E-state index contributed by atoms with van der Waals surface area (Å²) in [7, 11) is -3.81. The Kier molecular flexibility index (Phi) is 4.29. The number of hydrogen-bond acceptors (Lipinski definition) is 4. The van der Waals surface area contributed by atoms with Crippen LogP contribution in [0.2, 0.25) is 5.02 Å². The van der Waals surface area contributed by atoms with Crippen molar-refractivity contribution in [3.05, 3.63) is 65.4 Å². The van der Waals surface area contributed by atoms with Crippen molar-refractivity contribution in [2.24, 2.45) is 0 Å². The third kappa shape index (κ3) is 3.42. The average molecular weight is 367 g/mol. The molecule has 3 aromatic rings. The van der Waals surface area contributed by atoms with Crippen molar-refractivity contribution in [1.29, 1.82) is 0 Å². The van der Waals surface area contributed by atoms with Gasteiger partial charge in [-0.15, -0.1) is 0 Å². The summed E-state index contributed by atoms with van der Waals surface area (Å²) in [5.74, 6) is 0.456. The monoisotopic (exact) mass is 366 g/mol. The molecule has 0 aliphatic carbocycles. The molecule has 3 rings (SSSR count). The Morgan fingerprint density at radius 1 is 1.17 bits per heavy atom. The first-order valence-electron chi connectivity index (χ1n) is 6.86. The van der Waals surface area contributed by atoms with E-state index in [2.05, 4.69) is 9.71 Å². The molecule has 0 amide bonds. The summed E-state index contributed by atoms with van der Waals surface area (Å²) < 4.78 is 45.6. The molecule has 0 spiro atoms. The van der Waals surface area contributed by atoms with Crippen molar-refractivity contribution in [3.63, 3.8) is 0 Å². The molecular formula is C16H12ClFN2O3S. The average Bonchev–Trinajstić information content (AvgIpc) is 2.97. The highest BCUT2D eigenvalue weighted by molar-refractivity contribution is 7.92. The number of aromatic nitrogens is 1. The van der Waals surface area contributed by atoms with E-state index in [9.17, 15) is 12.8 Å². The maximum Gasteiger partial charge on any atom is 0.261 e. The van der Waals surface area contributed by atoms with Crippen molar-refractivity contribution >= 4 is 27.3 Å². The molecule has 124 valence electrons. The molecule has 1 N–H and O–H groups in total. The molecule has 0 aliphatic heterocycles. The summed E-state index contributed by atoms with van der Waals surface area (Å²) in [4.78, 5) is 4.05. The lowest BCUT2D eigenvalue weighted by Gasteiger charge is -2.09.